The number of carbonyl (C=O) groups excluding carboxylic acids is 4. The monoisotopic (exact) mass is 610 g/mol. The van der Waals surface area contributed by atoms with E-state index in [1.54, 1.807) is 24.3 Å². The molecule has 2 aliphatic carbocycles. The van der Waals surface area contributed by atoms with E-state index < -0.39 is 35.0 Å². The summed E-state index contributed by atoms with van der Waals surface area (Å²) < 4.78 is 0. The van der Waals surface area contributed by atoms with Crippen LogP contribution in [0.15, 0.2) is 103 Å². The number of benzene rings is 4. The maximum absolute atomic E-state index is 14.6. The van der Waals surface area contributed by atoms with Crippen molar-refractivity contribution in [1.29, 1.82) is 0 Å². The lowest BCUT2D eigenvalue weighted by Gasteiger charge is -2.49. The largest absolute Gasteiger partial charge is 0.507 e. The molecule has 4 aromatic rings. The average Bonchev–Trinajstić information content (AvgIpc) is 3.45. The number of phenolic OH excluding ortho intramolecular Hbond substituents is 1. The third kappa shape index (κ3) is 3.77. The lowest BCUT2D eigenvalue weighted by molar-refractivity contribution is -0.131. The molecule has 4 aromatic carbocycles. The molecule has 4 aliphatic rings. The molecule has 2 saturated heterocycles. The zero-order valence-corrected chi connectivity index (χ0v) is 25.7. The van der Waals surface area contributed by atoms with E-state index in [0.29, 0.717) is 28.7 Å². The molecular weight excluding hydrogens is 576 g/mol. The lowest BCUT2D eigenvalue weighted by Crippen LogP contribution is -2.48. The Kier molecular flexibility index (Phi) is 6.33. The number of phenols is 1. The van der Waals surface area contributed by atoms with Crippen molar-refractivity contribution in [3.63, 3.8) is 0 Å². The number of aryl methyl sites for hydroxylation is 1. The fourth-order valence-electron chi connectivity index (χ4n) is 8.82. The first-order chi connectivity index (χ1) is 22.3. The topological polar surface area (TPSA) is 95.0 Å². The summed E-state index contributed by atoms with van der Waals surface area (Å²) >= 11 is 0. The highest BCUT2D eigenvalue weighted by molar-refractivity contribution is 6.25. The number of fused-ring (bicyclic) bond motifs is 5. The summed E-state index contributed by atoms with van der Waals surface area (Å²) in [6, 6.07) is 27.8. The van der Waals surface area contributed by atoms with Crippen LogP contribution in [0, 0.1) is 29.1 Å². The Morgan fingerprint density at radius 1 is 0.761 bits per heavy atom. The number of carbonyl (C=O) groups is 4. The van der Waals surface area contributed by atoms with Crippen molar-refractivity contribution in [2.75, 3.05) is 9.80 Å². The molecular formula is C39H34N2O5. The third-order valence-electron chi connectivity index (χ3n) is 11.1. The maximum atomic E-state index is 14.6. The Labute approximate surface area is 267 Å². The van der Waals surface area contributed by atoms with Crippen molar-refractivity contribution in [2.45, 2.75) is 39.0 Å². The number of hydrogen-bond donors (Lipinski definition) is 1. The molecule has 6 atom stereocenters. The van der Waals surface area contributed by atoms with Crippen molar-refractivity contribution in [1.82, 2.24) is 0 Å². The van der Waals surface area contributed by atoms with Crippen molar-refractivity contribution < 1.29 is 24.3 Å². The average molecular weight is 611 g/mol. The van der Waals surface area contributed by atoms with Crippen LogP contribution in [-0.2, 0) is 25.6 Å². The molecule has 0 unspecified atom stereocenters. The van der Waals surface area contributed by atoms with Gasteiger partial charge in [-0.05, 0) is 67.3 Å². The van der Waals surface area contributed by atoms with Gasteiger partial charge in [-0.15, -0.1) is 0 Å². The molecule has 7 nitrogen and oxygen atoms in total. The molecule has 2 aliphatic heterocycles. The van der Waals surface area contributed by atoms with Crippen molar-refractivity contribution >= 4 is 45.8 Å². The highest BCUT2D eigenvalue weighted by atomic mass is 16.3. The summed E-state index contributed by atoms with van der Waals surface area (Å²) in [5.41, 5.74) is 2.35. The summed E-state index contributed by atoms with van der Waals surface area (Å²) in [5, 5.41) is 13.3. The molecule has 230 valence electrons. The first-order valence-electron chi connectivity index (χ1n) is 16.1. The van der Waals surface area contributed by atoms with Gasteiger partial charge in [0.2, 0.25) is 23.6 Å². The first-order valence-corrected chi connectivity index (χ1v) is 16.1. The maximum Gasteiger partial charge on any atom is 0.241 e. The Morgan fingerprint density at radius 2 is 1.46 bits per heavy atom. The fraction of sp³-hybridized carbons (Fsp3) is 0.282. The van der Waals surface area contributed by atoms with Crippen molar-refractivity contribution in [3.05, 3.63) is 114 Å². The van der Waals surface area contributed by atoms with E-state index in [1.807, 2.05) is 79.7 Å². The van der Waals surface area contributed by atoms with Gasteiger partial charge in [0, 0.05) is 16.9 Å². The lowest BCUT2D eigenvalue weighted by atomic mass is 9.51. The summed E-state index contributed by atoms with van der Waals surface area (Å²) in [7, 11) is 0. The van der Waals surface area contributed by atoms with Crippen LogP contribution in [0.3, 0.4) is 0 Å². The molecule has 3 fully saturated rings. The van der Waals surface area contributed by atoms with Crippen molar-refractivity contribution in [2.24, 2.45) is 29.1 Å². The quantitative estimate of drug-likeness (QED) is 0.209. The van der Waals surface area contributed by atoms with Gasteiger partial charge < -0.3 is 5.11 Å². The van der Waals surface area contributed by atoms with E-state index in [2.05, 4.69) is 6.92 Å². The molecule has 0 radical (unpaired) electrons. The van der Waals surface area contributed by atoms with Crippen LogP contribution in [-0.4, -0.2) is 28.7 Å². The van der Waals surface area contributed by atoms with Gasteiger partial charge >= 0.3 is 0 Å². The predicted octanol–water partition coefficient (Wildman–Crippen LogP) is 6.54. The van der Waals surface area contributed by atoms with Gasteiger partial charge in [-0.3, -0.25) is 24.1 Å². The number of para-hydroxylation sites is 1. The molecule has 0 bridgehead atoms. The van der Waals surface area contributed by atoms with E-state index in [4.69, 9.17) is 0 Å². The Morgan fingerprint density at radius 3 is 2.20 bits per heavy atom. The molecule has 2 heterocycles. The van der Waals surface area contributed by atoms with Gasteiger partial charge in [0.25, 0.3) is 0 Å². The number of imide groups is 2. The fourth-order valence-corrected chi connectivity index (χ4v) is 8.82. The van der Waals surface area contributed by atoms with E-state index in [9.17, 15) is 24.3 Å². The number of hydrogen-bond acceptors (Lipinski definition) is 5. The number of aromatic hydroxyl groups is 1. The van der Waals surface area contributed by atoms with Crippen LogP contribution in [0.25, 0.3) is 10.8 Å². The summed E-state index contributed by atoms with van der Waals surface area (Å²) in [4.78, 5) is 59.8. The summed E-state index contributed by atoms with van der Waals surface area (Å²) in [6.07, 6.45) is 3.48. The highest BCUT2D eigenvalue weighted by Gasteiger charge is 2.68. The van der Waals surface area contributed by atoms with E-state index >= 15 is 0 Å². The van der Waals surface area contributed by atoms with Gasteiger partial charge in [0.15, 0.2) is 0 Å². The molecule has 0 spiro atoms. The smallest absolute Gasteiger partial charge is 0.241 e. The van der Waals surface area contributed by atoms with E-state index in [0.717, 1.165) is 22.9 Å². The van der Waals surface area contributed by atoms with Crippen LogP contribution < -0.4 is 9.80 Å². The molecule has 1 N–H and O–H groups in total. The van der Waals surface area contributed by atoms with E-state index in [-0.39, 0.29) is 35.8 Å². The number of anilines is 2. The molecule has 4 amide bonds. The van der Waals surface area contributed by atoms with Crippen LogP contribution in [0.4, 0.5) is 11.4 Å². The van der Waals surface area contributed by atoms with Crippen LogP contribution in [0.1, 0.15) is 43.7 Å². The Hall–Kier alpha value is -5.04. The Balaban J connectivity index is 1.29. The van der Waals surface area contributed by atoms with Crippen molar-refractivity contribution in [3.8, 4) is 5.75 Å². The van der Waals surface area contributed by atoms with Gasteiger partial charge in [-0.1, -0.05) is 85.3 Å². The van der Waals surface area contributed by atoms with E-state index in [1.165, 1.54) is 9.80 Å². The summed E-state index contributed by atoms with van der Waals surface area (Å²) in [6.45, 7) is 3.89. The number of allylic oxidation sites excluding steroid dienone is 2. The van der Waals surface area contributed by atoms with Gasteiger partial charge in [0.1, 0.15) is 5.75 Å². The van der Waals surface area contributed by atoms with Crippen LogP contribution >= 0.6 is 0 Å². The highest BCUT2D eigenvalue weighted by Crippen LogP contribution is 2.64. The minimum Gasteiger partial charge on any atom is -0.507 e. The normalized spacial score (nSPS) is 28.7. The molecule has 46 heavy (non-hydrogen) atoms. The Bertz CT molecular complexity index is 1980. The number of rotatable bonds is 4. The van der Waals surface area contributed by atoms with Crippen LogP contribution in [0.5, 0.6) is 5.75 Å². The van der Waals surface area contributed by atoms with Gasteiger partial charge in [-0.2, -0.15) is 0 Å². The second-order valence-corrected chi connectivity index (χ2v) is 13.3. The second kappa shape index (κ2) is 10.2. The minimum atomic E-state index is -1.22. The SMILES string of the molecule is CCc1ccc(N2C(=O)[C@H]3[C@H](CC=C4[C@H]3C[C@H]3C(=O)N(c5ccccc5)C(=O)[C@@]3(C)[C@H]4c3ccc4ccccc4c3O)C2=O)cc1. The van der Waals surface area contributed by atoms with Crippen LogP contribution in [0.2, 0.25) is 0 Å². The van der Waals surface area contributed by atoms with Gasteiger partial charge in [-0.25, -0.2) is 4.90 Å². The second-order valence-electron chi connectivity index (χ2n) is 13.3. The zero-order valence-electron chi connectivity index (χ0n) is 25.7. The minimum absolute atomic E-state index is 0.0663. The third-order valence-corrected chi connectivity index (χ3v) is 11.1. The molecule has 8 rings (SSSR count). The standard InChI is InChI=1S/C39H34N2O5/c1-3-22-13-16-25(17-14-22)40-35(43)28-20-19-27-30(32(28)37(40)45)21-31-36(44)41(24-10-5-4-6-11-24)38(46)39(31,2)33(27)29-18-15-23-9-7-8-12-26(23)34(29)42/h4-19,28,30-33,42H,3,20-21H2,1-2H3/t28-,30+,31-,32-,33+,39+/m0/s1. The number of amides is 4. The van der Waals surface area contributed by atoms with Gasteiger partial charge in [0.05, 0.1) is 34.5 Å². The summed E-state index contributed by atoms with van der Waals surface area (Å²) in [5.74, 6) is -4.16. The first kappa shape index (κ1) is 28.4. The zero-order chi connectivity index (χ0) is 31.9. The predicted molar refractivity (Wildman–Crippen MR) is 175 cm³/mol. The molecule has 7 heteroatoms. The number of nitrogens with zero attached hydrogens (tertiary/aromatic N) is 2. The molecule has 0 aromatic heterocycles. The molecule has 1 saturated carbocycles.